The maximum absolute atomic E-state index is 13.2. The zero-order chi connectivity index (χ0) is 19.4. The molecule has 1 fully saturated rings. The molecule has 0 aromatic heterocycles. The molecule has 5 nitrogen and oxygen atoms in total. The van der Waals surface area contributed by atoms with Crippen LogP contribution in [0.15, 0.2) is 54.6 Å². The van der Waals surface area contributed by atoms with E-state index in [0.29, 0.717) is 23.8 Å². The van der Waals surface area contributed by atoms with Crippen LogP contribution in [0.25, 0.3) is 0 Å². The van der Waals surface area contributed by atoms with Gasteiger partial charge in [-0.3, -0.25) is 9.59 Å². The van der Waals surface area contributed by atoms with Gasteiger partial charge in [0.05, 0.1) is 12.1 Å². The van der Waals surface area contributed by atoms with Gasteiger partial charge in [-0.1, -0.05) is 30.3 Å². The Kier molecular flexibility index (Phi) is 5.81. The van der Waals surface area contributed by atoms with E-state index in [2.05, 4.69) is 5.32 Å². The van der Waals surface area contributed by atoms with Crippen molar-refractivity contribution in [2.75, 3.05) is 18.5 Å². The first-order chi connectivity index (χ1) is 13.0. The Labute approximate surface area is 162 Å². The monoisotopic (exact) mass is 385 g/mol. The lowest BCUT2D eigenvalue weighted by molar-refractivity contribution is -0.122. The maximum atomic E-state index is 13.2. The van der Waals surface area contributed by atoms with Crippen LogP contribution in [0.3, 0.4) is 0 Å². The van der Waals surface area contributed by atoms with E-state index in [-0.39, 0.29) is 18.2 Å². The van der Waals surface area contributed by atoms with Gasteiger partial charge in [-0.05, 0) is 48.5 Å². The molecule has 2 aromatic rings. The minimum atomic E-state index is -0.675. The van der Waals surface area contributed by atoms with Crippen LogP contribution in [0.5, 0.6) is 0 Å². The van der Waals surface area contributed by atoms with Gasteiger partial charge in [-0.25, -0.2) is 9.29 Å². The van der Waals surface area contributed by atoms with Crippen LogP contribution in [0.4, 0.5) is 10.1 Å². The van der Waals surface area contributed by atoms with E-state index >= 15 is 0 Å². The lowest BCUT2D eigenvalue weighted by Gasteiger charge is -2.29. The Morgan fingerprint density at radius 2 is 1.85 bits per heavy atom. The van der Waals surface area contributed by atoms with Crippen molar-refractivity contribution in [3.05, 3.63) is 66.0 Å². The smallest absolute Gasteiger partial charge is 0.257 e. The summed E-state index contributed by atoms with van der Waals surface area (Å²) in [6, 6.07) is 14.5. The molecule has 0 spiro atoms. The predicted molar refractivity (Wildman–Crippen MR) is 106 cm³/mol. The SMILES string of the molecule is CNC(=S)N(CCc1ccccc1)[C@@H]1CC(=O)N(c2ccc(F)cc2)C1=O. The zero-order valence-corrected chi connectivity index (χ0v) is 15.7. The minimum Gasteiger partial charge on any atom is -0.366 e. The number of imide groups is 1. The van der Waals surface area contributed by atoms with Crippen LogP contribution in [0.1, 0.15) is 12.0 Å². The molecule has 1 aliphatic rings. The fourth-order valence-electron chi connectivity index (χ4n) is 3.16. The molecular formula is C20H20FN3O2S. The predicted octanol–water partition coefficient (Wildman–Crippen LogP) is 2.51. The summed E-state index contributed by atoms with van der Waals surface area (Å²) < 4.78 is 13.2. The molecule has 3 rings (SSSR count). The molecule has 1 saturated heterocycles. The average molecular weight is 385 g/mol. The number of amides is 2. The highest BCUT2D eigenvalue weighted by Gasteiger charge is 2.43. The lowest BCUT2D eigenvalue weighted by atomic mass is 10.1. The number of nitrogens with one attached hydrogen (secondary N) is 1. The second kappa shape index (κ2) is 8.26. The van der Waals surface area contributed by atoms with E-state index in [1.807, 2.05) is 30.3 Å². The third-order valence-corrected chi connectivity index (χ3v) is 4.98. The number of hydrogen-bond donors (Lipinski definition) is 1. The van der Waals surface area contributed by atoms with Crippen molar-refractivity contribution in [3.63, 3.8) is 0 Å². The van der Waals surface area contributed by atoms with Gasteiger partial charge in [0.15, 0.2) is 5.11 Å². The van der Waals surface area contributed by atoms with E-state index in [1.165, 1.54) is 24.3 Å². The second-order valence-corrected chi connectivity index (χ2v) is 6.63. The highest BCUT2D eigenvalue weighted by molar-refractivity contribution is 7.80. The molecule has 1 atom stereocenters. The van der Waals surface area contributed by atoms with Gasteiger partial charge in [0.2, 0.25) is 5.91 Å². The van der Waals surface area contributed by atoms with E-state index in [1.54, 1.807) is 11.9 Å². The summed E-state index contributed by atoms with van der Waals surface area (Å²) in [6.07, 6.45) is 0.726. The van der Waals surface area contributed by atoms with Gasteiger partial charge in [0, 0.05) is 13.6 Å². The number of halogens is 1. The molecular weight excluding hydrogens is 365 g/mol. The number of nitrogens with zero attached hydrogens (tertiary/aromatic N) is 2. The Morgan fingerprint density at radius 1 is 1.19 bits per heavy atom. The number of carbonyl (C=O) groups is 2. The zero-order valence-electron chi connectivity index (χ0n) is 14.9. The van der Waals surface area contributed by atoms with Crippen molar-refractivity contribution in [3.8, 4) is 0 Å². The highest BCUT2D eigenvalue weighted by Crippen LogP contribution is 2.26. The van der Waals surface area contributed by atoms with Crippen LogP contribution in [0.2, 0.25) is 0 Å². The molecule has 0 unspecified atom stereocenters. The van der Waals surface area contributed by atoms with E-state index < -0.39 is 11.9 Å². The molecule has 0 saturated carbocycles. The summed E-state index contributed by atoms with van der Waals surface area (Å²) in [5, 5.41) is 3.32. The molecule has 140 valence electrons. The van der Waals surface area contributed by atoms with Gasteiger partial charge < -0.3 is 10.2 Å². The number of hydrogen-bond acceptors (Lipinski definition) is 3. The molecule has 2 amide bonds. The summed E-state index contributed by atoms with van der Waals surface area (Å²) in [5.74, 6) is -1.09. The van der Waals surface area contributed by atoms with Crippen molar-refractivity contribution in [1.82, 2.24) is 10.2 Å². The molecule has 2 aromatic carbocycles. The maximum Gasteiger partial charge on any atom is 0.257 e. The quantitative estimate of drug-likeness (QED) is 0.633. The average Bonchev–Trinajstić information content (AvgIpc) is 2.97. The van der Waals surface area contributed by atoms with Crippen LogP contribution < -0.4 is 10.2 Å². The van der Waals surface area contributed by atoms with Gasteiger partial charge in [-0.2, -0.15) is 0 Å². The first-order valence-electron chi connectivity index (χ1n) is 8.66. The molecule has 7 heteroatoms. The lowest BCUT2D eigenvalue weighted by Crippen LogP contribution is -2.49. The van der Waals surface area contributed by atoms with E-state index in [4.69, 9.17) is 12.2 Å². The number of carbonyl (C=O) groups excluding carboxylic acids is 2. The second-order valence-electron chi connectivity index (χ2n) is 6.25. The van der Waals surface area contributed by atoms with Crippen molar-refractivity contribution >= 4 is 34.8 Å². The number of rotatable bonds is 5. The molecule has 0 radical (unpaired) electrons. The molecule has 1 heterocycles. The summed E-state index contributed by atoms with van der Waals surface area (Å²) in [7, 11) is 1.69. The first-order valence-corrected chi connectivity index (χ1v) is 9.06. The van der Waals surface area contributed by atoms with Gasteiger partial charge >= 0.3 is 0 Å². The van der Waals surface area contributed by atoms with Crippen LogP contribution in [0, 0.1) is 5.82 Å². The molecule has 27 heavy (non-hydrogen) atoms. The molecule has 0 aliphatic carbocycles. The number of thiocarbonyl (C=S) groups is 1. The van der Waals surface area contributed by atoms with E-state index in [9.17, 15) is 14.0 Å². The standard InChI is InChI=1S/C20H20FN3O2S/c1-22-20(27)23(12-11-14-5-3-2-4-6-14)17-13-18(25)24(19(17)26)16-9-7-15(21)8-10-16/h2-10,17H,11-13H2,1H3,(H,22,27)/t17-/m1/s1. The number of benzene rings is 2. The fraction of sp³-hybridized carbons (Fsp3) is 0.250. The molecule has 1 N–H and O–H groups in total. The molecule has 1 aliphatic heterocycles. The molecule has 0 bridgehead atoms. The van der Waals surface area contributed by atoms with Crippen LogP contribution in [-0.2, 0) is 16.0 Å². The van der Waals surface area contributed by atoms with Crippen LogP contribution >= 0.6 is 12.2 Å². The summed E-state index contributed by atoms with van der Waals surface area (Å²) in [5.41, 5.74) is 1.49. The highest BCUT2D eigenvalue weighted by atomic mass is 32.1. The van der Waals surface area contributed by atoms with Crippen molar-refractivity contribution in [1.29, 1.82) is 0 Å². The summed E-state index contributed by atoms with van der Waals surface area (Å²) in [6.45, 7) is 0.505. The fourth-order valence-corrected chi connectivity index (χ4v) is 3.38. The summed E-state index contributed by atoms with van der Waals surface area (Å²) in [4.78, 5) is 28.3. The third-order valence-electron chi connectivity index (χ3n) is 4.54. The van der Waals surface area contributed by atoms with Gasteiger partial charge in [0.25, 0.3) is 5.91 Å². The number of anilines is 1. The minimum absolute atomic E-state index is 0.0345. The Hall–Kier alpha value is -2.80. The van der Waals surface area contributed by atoms with Gasteiger partial charge in [-0.15, -0.1) is 0 Å². The van der Waals surface area contributed by atoms with Crippen molar-refractivity contribution < 1.29 is 14.0 Å². The topological polar surface area (TPSA) is 52.7 Å². The Morgan fingerprint density at radius 3 is 2.48 bits per heavy atom. The third kappa shape index (κ3) is 4.14. The van der Waals surface area contributed by atoms with Gasteiger partial charge in [0.1, 0.15) is 11.9 Å². The normalized spacial score (nSPS) is 16.5. The van der Waals surface area contributed by atoms with Crippen molar-refractivity contribution in [2.24, 2.45) is 0 Å². The Bertz CT molecular complexity index is 842. The van der Waals surface area contributed by atoms with E-state index in [0.717, 1.165) is 10.5 Å². The largest absolute Gasteiger partial charge is 0.366 e. The van der Waals surface area contributed by atoms with Crippen LogP contribution in [-0.4, -0.2) is 41.5 Å². The Balaban J connectivity index is 1.80. The first kappa shape index (κ1) is 19.0. The van der Waals surface area contributed by atoms with Crippen molar-refractivity contribution in [2.45, 2.75) is 18.9 Å². The summed E-state index contributed by atoms with van der Waals surface area (Å²) >= 11 is 5.38.